The van der Waals surface area contributed by atoms with Crippen molar-refractivity contribution in [3.8, 4) is 0 Å². The van der Waals surface area contributed by atoms with Gasteiger partial charge in [-0.15, -0.1) is 0 Å². The Balaban J connectivity index is 2.39. The molecule has 64 valence electrons. The molecule has 0 unspecified atom stereocenters. The van der Waals surface area contributed by atoms with Crippen LogP contribution >= 0.6 is 0 Å². The van der Waals surface area contributed by atoms with Gasteiger partial charge in [0.25, 0.3) is 0 Å². The van der Waals surface area contributed by atoms with Crippen LogP contribution in [-0.2, 0) is 0 Å². The first-order valence-corrected chi connectivity index (χ1v) is 4.10. The molecule has 5 heteroatoms. The number of aryl methyl sites for hydroxylation is 1. The Morgan fingerprint density at radius 1 is 1.58 bits per heavy atom. The fourth-order valence-corrected chi connectivity index (χ4v) is 1.39. The SMILES string of the molecule is Cc1cnn(C2CC2)c1B(O)O. The zero-order valence-electron chi connectivity index (χ0n) is 6.94. The highest BCUT2D eigenvalue weighted by Gasteiger charge is 2.30. The van der Waals surface area contributed by atoms with Crippen molar-refractivity contribution in [2.75, 3.05) is 0 Å². The third kappa shape index (κ3) is 1.15. The summed E-state index contributed by atoms with van der Waals surface area (Å²) in [6.45, 7) is 1.83. The minimum absolute atomic E-state index is 0.399. The van der Waals surface area contributed by atoms with Crippen molar-refractivity contribution in [3.05, 3.63) is 11.8 Å². The molecule has 0 aromatic carbocycles. The Morgan fingerprint density at radius 3 is 2.75 bits per heavy atom. The zero-order valence-corrected chi connectivity index (χ0v) is 6.94. The first-order valence-electron chi connectivity index (χ1n) is 4.10. The van der Waals surface area contributed by atoms with Crippen LogP contribution in [0.1, 0.15) is 24.4 Å². The van der Waals surface area contributed by atoms with Gasteiger partial charge >= 0.3 is 7.12 Å². The topological polar surface area (TPSA) is 58.3 Å². The van der Waals surface area contributed by atoms with E-state index in [0.717, 1.165) is 18.4 Å². The van der Waals surface area contributed by atoms with E-state index in [1.54, 1.807) is 10.9 Å². The molecule has 2 rings (SSSR count). The van der Waals surface area contributed by atoms with Crippen LogP contribution in [0, 0.1) is 6.92 Å². The third-order valence-electron chi connectivity index (χ3n) is 2.16. The highest BCUT2D eigenvalue weighted by Crippen LogP contribution is 2.33. The Labute approximate surface area is 71.0 Å². The maximum absolute atomic E-state index is 9.05. The molecule has 0 spiro atoms. The van der Waals surface area contributed by atoms with Crippen molar-refractivity contribution in [3.63, 3.8) is 0 Å². The largest absolute Gasteiger partial charge is 0.508 e. The summed E-state index contributed by atoms with van der Waals surface area (Å²) >= 11 is 0. The lowest BCUT2D eigenvalue weighted by Crippen LogP contribution is -2.38. The van der Waals surface area contributed by atoms with Gasteiger partial charge in [0.15, 0.2) is 0 Å². The van der Waals surface area contributed by atoms with Crippen LogP contribution < -0.4 is 5.59 Å². The lowest BCUT2D eigenvalue weighted by Gasteiger charge is -2.04. The number of nitrogens with zero attached hydrogens (tertiary/aromatic N) is 2. The lowest BCUT2D eigenvalue weighted by molar-refractivity contribution is 0.419. The molecule has 4 nitrogen and oxygen atoms in total. The highest BCUT2D eigenvalue weighted by molar-refractivity contribution is 6.58. The molecule has 1 aromatic heterocycles. The fourth-order valence-electron chi connectivity index (χ4n) is 1.39. The summed E-state index contributed by atoms with van der Waals surface area (Å²) < 4.78 is 1.72. The van der Waals surface area contributed by atoms with Crippen molar-refractivity contribution in [1.29, 1.82) is 0 Å². The summed E-state index contributed by atoms with van der Waals surface area (Å²) in [5, 5.41) is 22.2. The minimum atomic E-state index is -1.40. The van der Waals surface area contributed by atoms with Crippen molar-refractivity contribution in [2.24, 2.45) is 0 Å². The molecule has 1 aromatic rings. The molecule has 0 radical (unpaired) electrons. The molecule has 2 N–H and O–H groups in total. The summed E-state index contributed by atoms with van der Waals surface area (Å²) in [5.74, 6) is 0. The number of hydrogen-bond acceptors (Lipinski definition) is 3. The Kier molecular flexibility index (Phi) is 1.70. The minimum Gasteiger partial charge on any atom is -0.422 e. The summed E-state index contributed by atoms with van der Waals surface area (Å²) in [6.07, 6.45) is 3.87. The van der Waals surface area contributed by atoms with E-state index in [1.807, 2.05) is 6.92 Å². The van der Waals surface area contributed by atoms with E-state index in [4.69, 9.17) is 10.0 Å². The quantitative estimate of drug-likeness (QED) is 0.565. The van der Waals surface area contributed by atoms with E-state index in [0.29, 0.717) is 11.6 Å². The van der Waals surface area contributed by atoms with Gasteiger partial charge in [-0.1, -0.05) is 0 Å². The van der Waals surface area contributed by atoms with E-state index in [9.17, 15) is 0 Å². The Hall–Kier alpha value is -0.805. The smallest absolute Gasteiger partial charge is 0.422 e. The van der Waals surface area contributed by atoms with Crippen molar-refractivity contribution < 1.29 is 10.0 Å². The zero-order chi connectivity index (χ0) is 8.72. The summed E-state index contributed by atoms with van der Waals surface area (Å²) in [4.78, 5) is 0. The second-order valence-electron chi connectivity index (χ2n) is 3.26. The number of aromatic nitrogens is 2. The average Bonchev–Trinajstić information content (AvgIpc) is 2.75. The van der Waals surface area contributed by atoms with Gasteiger partial charge in [-0.2, -0.15) is 5.10 Å². The van der Waals surface area contributed by atoms with Crippen LogP contribution in [-0.4, -0.2) is 26.9 Å². The van der Waals surface area contributed by atoms with Crippen LogP contribution in [0.2, 0.25) is 0 Å². The van der Waals surface area contributed by atoms with Gasteiger partial charge in [-0.25, -0.2) is 0 Å². The van der Waals surface area contributed by atoms with Crippen molar-refractivity contribution in [2.45, 2.75) is 25.8 Å². The normalized spacial score (nSPS) is 16.6. The second-order valence-corrected chi connectivity index (χ2v) is 3.26. The molecule has 1 fully saturated rings. The summed E-state index contributed by atoms with van der Waals surface area (Å²) in [6, 6.07) is 0.399. The van der Waals surface area contributed by atoms with Gasteiger partial charge in [-0.05, 0) is 25.3 Å². The van der Waals surface area contributed by atoms with E-state index < -0.39 is 7.12 Å². The number of hydrogen-bond donors (Lipinski definition) is 2. The maximum Gasteiger partial charge on any atom is 0.508 e. The van der Waals surface area contributed by atoms with Gasteiger partial charge in [-0.3, -0.25) is 4.68 Å². The lowest BCUT2D eigenvalue weighted by atomic mass is 9.83. The van der Waals surface area contributed by atoms with Crippen LogP contribution in [0.4, 0.5) is 0 Å². The Bertz CT molecular complexity index is 294. The first kappa shape index (κ1) is 7.82. The molecule has 1 heterocycles. The van der Waals surface area contributed by atoms with Crippen LogP contribution in [0.3, 0.4) is 0 Å². The average molecular weight is 166 g/mol. The van der Waals surface area contributed by atoms with Gasteiger partial charge in [0.1, 0.15) is 0 Å². The van der Waals surface area contributed by atoms with E-state index in [1.165, 1.54) is 0 Å². The maximum atomic E-state index is 9.05. The molecule has 0 bridgehead atoms. The molecule has 0 atom stereocenters. The predicted molar refractivity (Wildman–Crippen MR) is 45.1 cm³/mol. The molecule has 1 saturated carbocycles. The standard InChI is InChI=1S/C7H11BN2O2/c1-5-4-9-10(6-2-3-6)7(5)8(11)12/h4,6,11-12H,2-3H2,1H3. The van der Waals surface area contributed by atoms with Crippen LogP contribution in [0.15, 0.2) is 6.20 Å². The molecular weight excluding hydrogens is 155 g/mol. The van der Waals surface area contributed by atoms with Gasteiger partial charge < -0.3 is 10.0 Å². The molecule has 0 amide bonds. The van der Waals surface area contributed by atoms with Gasteiger partial charge in [0.05, 0.1) is 17.8 Å². The highest BCUT2D eigenvalue weighted by atomic mass is 16.4. The molecule has 1 aliphatic carbocycles. The molecule has 1 aliphatic rings. The second kappa shape index (κ2) is 2.60. The Morgan fingerprint density at radius 2 is 2.25 bits per heavy atom. The van der Waals surface area contributed by atoms with E-state index in [2.05, 4.69) is 5.10 Å². The van der Waals surface area contributed by atoms with Crippen LogP contribution in [0.25, 0.3) is 0 Å². The molecule has 12 heavy (non-hydrogen) atoms. The van der Waals surface area contributed by atoms with Crippen LogP contribution in [0.5, 0.6) is 0 Å². The third-order valence-corrected chi connectivity index (χ3v) is 2.16. The summed E-state index contributed by atoms with van der Waals surface area (Å²) in [5.41, 5.74) is 1.38. The molecular formula is C7H11BN2O2. The fraction of sp³-hybridized carbons (Fsp3) is 0.571. The van der Waals surface area contributed by atoms with Crippen molar-refractivity contribution in [1.82, 2.24) is 9.78 Å². The predicted octanol–water partition coefficient (Wildman–Crippen LogP) is -0.794. The van der Waals surface area contributed by atoms with Gasteiger partial charge in [0, 0.05) is 0 Å². The summed E-state index contributed by atoms with van der Waals surface area (Å²) in [7, 11) is -1.40. The van der Waals surface area contributed by atoms with E-state index >= 15 is 0 Å². The first-order chi connectivity index (χ1) is 5.70. The van der Waals surface area contributed by atoms with E-state index in [-0.39, 0.29) is 0 Å². The van der Waals surface area contributed by atoms with Gasteiger partial charge in [0.2, 0.25) is 0 Å². The van der Waals surface area contributed by atoms with Crippen molar-refractivity contribution >= 4 is 12.7 Å². The molecule has 0 aliphatic heterocycles. The molecule has 0 saturated heterocycles. The number of rotatable bonds is 2. The monoisotopic (exact) mass is 166 g/mol.